The summed E-state index contributed by atoms with van der Waals surface area (Å²) in [5.74, 6) is 0. The van der Waals surface area contributed by atoms with Gasteiger partial charge in [-0.1, -0.05) is 11.6 Å². The van der Waals surface area contributed by atoms with Crippen LogP contribution in [0.1, 0.15) is 6.42 Å². The number of ether oxygens (including phenoxy) is 1. The number of rotatable bonds is 3. The van der Waals surface area contributed by atoms with Crippen LogP contribution < -0.4 is 5.32 Å². The lowest BCUT2D eigenvalue weighted by Gasteiger charge is -2.24. The molecule has 1 aromatic carbocycles. The van der Waals surface area contributed by atoms with E-state index in [1.54, 1.807) is 29.4 Å². The van der Waals surface area contributed by atoms with E-state index in [2.05, 4.69) is 15.4 Å². The predicted octanol–water partition coefficient (Wildman–Crippen LogP) is 3.41. The lowest BCUT2D eigenvalue weighted by molar-refractivity contribution is 0.0442. The third kappa shape index (κ3) is 4.04. The fourth-order valence-electron chi connectivity index (χ4n) is 3.25. The molecule has 3 aromatic rings. The van der Waals surface area contributed by atoms with Crippen molar-refractivity contribution in [1.82, 2.24) is 19.7 Å². The van der Waals surface area contributed by atoms with E-state index in [0.29, 0.717) is 42.5 Å². The monoisotopic (exact) mass is 385 g/mol. The fourth-order valence-corrected chi connectivity index (χ4v) is 3.46. The van der Waals surface area contributed by atoms with E-state index in [9.17, 15) is 4.79 Å². The summed E-state index contributed by atoms with van der Waals surface area (Å²) in [6.45, 7) is 2.40. The van der Waals surface area contributed by atoms with Crippen molar-refractivity contribution in [3.8, 4) is 0 Å². The molecular formula is C19H20ClN5O2. The zero-order valence-corrected chi connectivity index (χ0v) is 15.5. The molecule has 1 saturated heterocycles. The Morgan fingerprint density at radius 1 is 1.30 bits per heavy atom. The summed E-state index contributed by atoms with van der Waals surface area (Å²) in [4.78, 5) is 19.0. The molecule has 27 heavy (non-hydrogen) atoms. The molecule has 7 nitrogen and oxygen atoms in total. The first-order chi connectivity index (χ1) is 13.2. The minimum atomic E-state index is -0.154. The SMILES string of the molecule is O=C(Nc1ccc(Cl)c2ncccc12)N1CCCOC(Cn2cccn2)C1. The van der Waals surface area contributed by atoms with Gasteiger partial charge in [0.15, 0.2) is 0 Å². The van der Waals surface area contributed by atoms with Crippen molar-refractivity contribution in [1.29, 1.82) is 0 Å². The average Bonchev–Trinajstić information content (AvgIpc) is 3.08. The highest BCUT2D eigenvalue weighted by atomic mass is 35.5. The first-order valence-electron chi connectivity index (χ1n) is 8.89. The van der Waals surface area contributed by atoms with Gasteiger partial charge in [0.2, 0.25) is 0 Å². The van der Waals surface area contributed by atoms with Crippen LogP contribution in [0.2, 0.25) is 5.02 Å². The number of carbonyl (C=O) groups excluding carboxylic acids is 1. The highest BCUT2D eigenvalue weighted by molar-refractivity contribution is 6.35. The normalized spacial score (nSPS) is 17.7. The molecule has 8 heteroatoms. The Bertz CT molecular complexity index is 931. The van der Waals surface area contributed by atoms with Gasteiger partial charge in [0.1, 0.15) is 0 Å². The summed E-state index contributed by atoms with van der Waals surface area (Å²) < 4.78 is 7.71. The lowest BCUT2D eigenvalue weighted by Crippen LogP contribution is -2.41. The van der Waals surface area contributed by atoms with Crippen LogP contribution in [-0.2, 0) is 11.3 Å². The number of pyridine rings is 1. The molecule has 0 aliphatic carbocycles. The molecule has 1 N–H and O–H groups in total. The summed E-state index contributed by atoms with van der Waals surface area (Å²) in [5, 5.41) is 8.60. The number of benzene rings is 1. The van der Waals surface area contributed by atoms with Crippen LogP contribution in [0.4, 0.5) is 10.5 Å². The number of urea groups is 1. The van der Waals surface area contributed by atoms with Crippen LogP contribution in [0.25, 0.3) is 10.9 Å². The maximum Gasteiger partial charge on any atom is 0.321 e. The van der Waals surface area contributed by atoms with Gasteiger partial charge in [-0.2, -0.15) is 5.10 Å². The highest BCUT2D eigenvalue weighted by Gasteiger charge is 2.23. The molecule has 2 aromatic heterocycles. The molecule has 4 rings (SSSR count). The summed E-state index contributed by atoms with van der Waals surface area (Å²) in [5.41, 5.74) is 1.37. The third-order valence-electron chi connectivity index (χ3n) is 4.55. The highest BCUT2D eigenvalue weighted by Crippen LogP contribution is 2.28. The van der Waals surface area contributed by atoms with Crippen molar-refractivity contribution < 1.29 is 9.53 Å². The maximum absolute atomic E-state index is 12.9. The molecule has 3 heterocycles. The van der Waals surface area contributed by atoms with Gasteiger partial charge < -0.3 is 15.0 Å². The lowest BCUT2D eigenvalue weighted by atomic mass is 10.2. The van der Waals surface area contributed by atoms with Crippen LogP contribution >= 0.6 is 11.6 Å². The Morgan fingerprint density at radius 3 is 3.07 bits per heavy atom. The third-order valence-corrected chi connectivity index (χ3v) is 4.85. The van der Waals surface area contributed by atoms with Crippen molar-refractivity contribution in [2.45, 2.75) is 19.1 Å². The zero-order valence-electron chi connectivity index (χ0n) is 14.7. The quantitative estimate of drug-likeness (QED) is 0.749. The van der Waals surface area contributed by atoms with Crippen molar-refractivity contribution in [2.75, 3.05) is 25.0 Å². The number of halogens is 1. The number of hydrogen-bond donors (Lipinski definition) is 1. The molecule has 2 amide bonds. The Balaban J connectivity index is 1.49. The van der Waals surface area contributed by atoms with Crippen LogP contribution in [0.15, 0.2) is 48.9 Å². The van der Waals surface area contributed by atoms with Gasteiger partial charge in [-0.05, 0) is 36.8 Å². The van der Waals surface area contributed by atoms with Crippen LogP contribution in [0.5, 0.6) is 0 Å². The number of nitrogens with one attached hydrogen (secondary N) is 1. The molecule has 0 radical (unpaired) electrons. The first kappa shape index (κ1) is 17.8. The van der Waals surface area contributed by atoms with Crippen LogP contribution in [0, 0.1) is 0 Å². The van der Waals surface area contributed by atoms with E-state index in [1.165, 1.54) is 0 Å². The topological polar surface area (TPSA) is 72.3 Å². The molecule has 1 aliphatic heterocycles. The Hall–Kier alpha value is -2.64. The van der Waals surface area contributed by atoms with Gasteiger partial charge in [0, 0.05) is 37.1 Å². The Morgan fingerprint density at radius 2 is 2.22 bits per heavy atom. The van der Waals surface area contributed by atoms with Gasteiger partial charge >= 0.3 is 6.03 Å². The zero-order chi connectivity index (χ0) is 18.6. The molecule has 1 aliphatic rings. The van der Waals surface area contributed by atoms with E-state index in [0.717, 1.165) is 11.8 Å². The molecule has 0 saturated carbocycles. The van der Waals surface area contributed by atoms with Gasteiger partial charge in [-0.3, -0.25) is 9.67 Å². The smallest absolute Gasteiger partial charge is 0.321 e. The molecule has 0 bridgehead atoms. The standard InChI is InChI=1S/C19H20ClN5O2/c20-16-5-6-17(15-4-1-7-21-18(15)16)23-19(26)24-9-3-11-27-14(12-24)13-25-10-2-8-22-25/h1-2,4-8,10,14H,3,9,11-13H2,(H,23,26). The summed E-state index contributed by atoms with van der Waals surface area (Å²) in [6, 6.07) is 9.00. The maximum atomic E-state index is 12.9. The number of nitrogens with zero attached hydrogens (tertiary/aromatic N) is 4. The fraction of sp³-hybridized carbons (Fsp3) is 0.316. The van der Waals surface area contributed by atoms with Crippen LogP contribution in [-0.4, -0.2) is 51.5 Å². The number of fused-ring (bicyclic) bond motifs is 1. The van der Waals surface area contributed by atoms with Crippen molar-refractivity contribution in [2.24, 2.45) is 0 Å². The predicted molar refractivity (Wildman–Crippen MR) is 104 cm³/mol. The number of amides is 2. The van der Waals surface area contributed by atoms with Gasteiger partial charge in [-0.25, -0.2) is 4.79 Å². The van der Waals surface area contributed by atoms with Crippen molar-refractivity contribution in [3.63, 3.8) is 0 Å². The average molecular weight is 386 g/mol. The summed E-state index contributed by atoms with van der Waals surface area (Å²) in [7, 11) is 0. The first-order valence-corrected chi connectivity index (χ1v) is 9.27. The molecule has 140 valence electrons. The van der Waals surface area contributed by atoms with Crippen molar-refractivity contribution >= 4 is 34.2 Å². The Kier molecular flexibility index (Phi) is 5.22. The molecule has 0 spiro atoms. The number of hydrogen-bond acceptors (Lipinski definition) is 4. The largest absolute Gasteiger partial charge is 0.374 e. The second-order valence-electron chi connectivity index (χ2n) is 6.45. The van der Waals surface area contributed by atoms with E-state index in [1.807, 2.05) is 29.1 Å². The van der Waals surface area contributed by atoms with Crippen molar-refractivity contribution in [3.05, 3.63) is 53.9 Å². The van der Waals surface area contributed by atoms with Gasteiger partial charge in [0.05, 0.1) is 35.4 Å². The minimum absolute atomic E-state index is 0.0956. The second kappa shape index (κ2) is 7.94. The van der Waals surface area contributed by atoms with E-state index >= 15 is 0 Å². The molecule has 1 atom stereocenters. The van der Waals surface area contributed by atoms with Gasteiger partial charge in [-0.15, -0.1) is 0 Å². The molecule has 1 fully saturated rings. The number of anilines is 1. The van der Waals surface area contributed by atoms with E-state index in [-0.39, 0.29) is 12.1 Å². The summed E-state index contributed by atoms with van der Waals surface area (Å²) in [6.07, 6.45) is 6.02. The Labute approximate surface area is 161 Å². The second-order valence-corrected chi connectivity index (χ2v) is 6.85. The summed E-state index contributed by atoms with van der Waals surface area (Å²) >= 11 is 6.21. The van der Waals surface area contributed by atoms with E-state index in [4.69, 9.17) is 16.3 Å². The molecular weight excluding hydrogens is 366 g/mol. The number of aromatic nitrogens is 3. The van der Waals surface area contributed by atoms with E-state index < -0.39 is 0 Å². The number of carbonyl (C=O) groups is 1. The van der Waals surface area contributed by atoms with Crippen LogP contribution in [0.3, 0.4) is 0 Å². The minimum Gasteiger partial charge on any atom is -0.374 e. The molecule has 1 unspecified atom stereocenters. The van der Waals surface area contributed by atoms with Gasteiger partial charge in [0.25, 0.3) is 0 Å².